The fourth-order valence-corrected chi connectivity index (χ4v) is 5.31. The summed E-state index contributed by atoms with van der Waals surface area (Å²) in [4.78, 5) is 26.8. The second kappa shape index (κ2) is 12.5. The molecule has 0 radical (unpaired) electrons. The van der Waals surface area contributed by atoms with Crippen molar-refractivity contribution in [2.45, 2.75) is 25.7 Å². The number of hydrogen-bond acceptors (Lipinski definition) is 6. The summed E-state index contributed by atoms with van der Waals surface area (Å²) in [6, 6.07) is 11.5. The van der Waals surface area contributed by atoms with Crippen LogP contribution < -0.4 is 10.6 Å². The molecule has 0 spiro atoms. The monoisotopic (exact) mass is 533 g/mol. The van der Waals surface area contributed by atoms with E-state index in [1.165, 1.54) is 0 Å². The molecule has 0 bridgehead atoms. The number of aryl methyl sites for hydroxylation is 1. The number of piperidine rings is 1. The van der Waals surface area contributed by atoms with E-state index >= 15 is 0 Å². The van der Waals surface area contributed by atoms with Crippen LogP contribution in [0, 0.1) is 6.92 Å². The van der Waals surface area contributed by atoms with Crippen LogP contribution in [0.15, 0.2) is 55.1 Å². The van der Waals surface area contributed by atoms with Gasteiger partial charge in [0, 0.05) is 74.6 Å². The summed E-state index contributed by atoms with van der Waals surface area (Å²) in [7, 11) is 0. The number of imidazole rings is 1. The first-order chi connectivity index (χ1) is 18.6. The van der Waals surface area contributed by atoms with Crippen molar-refractivity contribution in [2.75, 3.05) is 57.8 Å². The van der Waals surface area contributed by atoms with E-state index < -0.39 is 0 Å². The number of morpholine rings is 1. The van der Waals surface area contributed by atoms with Crippen LogP contribution in [0.25, 0.3) is 5.69 Å². The number of hydrogen-bond donors (Lipinski definition) is 2. The molecule has 5 rings (SSSR count). The highest BCUT2D eigenvalue weighted by atomic mass is 32.1. The average Bonchev–Trinajstić information content (AvgIpc) is 3.49. The van der Waals surface area contributed by atoms with Crippen LogP contribution in [0.4, 0.5) is 5.69 Å². The molecule has 2 N–H and O–H groups in total. The lowest BCUT2D eigenvalue weighted by Gasteiger charge is -2.34. The molecule has 2 aliphatic heterocycles. The summed E-state index contributed by atoms with van der Waals surface area (Å²) in [5.41, 5.74) is 4.17. The summed E-state index contributed by atoms with van der Waals surface area (Å²) < 4.78 is 7.34. The third-order valence-electron chi connectivity index (χ3n) is 7.21. The number of carbonyl (C=O) groups is 1. The van der Waals surface area contributed by atoms with Gasteiger partial charge in [-0.05, 0) is 68.4 Å². The number of nitrogens with zero attached hydrogens (tertiary/aromatic N) is 5. The lowest BCUT2D eigenvalue weighted by Crippen LogP contribution is -2.47. The van der Waals surface area contributed by atoms with E-state index in [-0.39, 0.29) is 11.8 Å². The van der Waals surface area contributed by atoms with Crippen molar-refractivity contribution in [3.63, 3.8) is 0 Å². The van der Waals surface area contributed by atoms with Crippen molar-refractivity contribution in [3.05, 3.63) is 72.1 Å². The SMILES string of the molecule is Cc1ccc(C(=O)Nc2ccc(-n3ccnc3)cc2)c(C2CCN(C(=S)NCCN3CCOCC3)CC2)n1. The summed E-state index contributed by atoms with van der Waals surface area (Å²) in [5, 5.41) is 7.28. The fraction of sp³-hybridized carbons (Fsp3) is 0.429. The van der Waals surface area contributed by atoms with Crippen molar-refractivity contribution in [3.8, 4) is 5.69 Å². The minimum absolute atomic E-state index is 0.134. The van der Waals surface area contributed by atoms with Gasteiger partial charge in [-0.25, -0.2) is 4.98 Å². The van der Waals surface area contributed by atoms with Crippen LogP contribution in [-0.4, -0.2) is 87.8 Å². The fourth-order valence-electron chi connectivity index (χ4n) is 5.02. The zero-order chi connectivity index (χ0) is 26.3. The number of ether oxygens (including phenoxy) is 1. The van der Waals surface area contributed by atoms with Gasteiger partial charge in [-0.2, -0.15) is 0 Å². The zero-order valence-electron chi connectivity index (χ0n) is 21.8. The van der Waals surface area contributed by atoms with E-state index in [0.717, 1.165) is 93.2 Å². The molecular weight excluding hydrogens is 498 g/mol. The van der Waals surface area contributed by atoms with Crippen molar-refractivity contribution in [1.29, 1.82) is 0 Å². The Labute approximate surface area is 229 Å². The number of likely N-dealkylation sites (tertiary alicyclic amines) is 1. The Morgan fingerprint density at radius 2 is 1.84 bits per heavy atom. The number of anilines is 1. The molecule has 0 aliphatic carbocycles. The Morgan fingerprint density at radius 3 is 2.55 bits per heavy atom. The molecule has 9 nitrogen and oxygen atoms in total. The second-order valence-electron chi connectivity index (χ2n) is 9.80. The highest BCUT2D eigenvalue weighted by Crippen LogP contribution is 2.30. The topological polar surface area (TPSA) is 87.6 Å². The number of pyridine rings is 1. The molecular formula is C28H35N7O2S. The van der Waals surface area contributed by atoms with Crippen LogP contribution in [0.5, 0.6) is 0 Å². The van der Waals surface area contributed by atoms with E-state index in [1.54, 1.807) is 12.5 Å². The molecule has 200 valence electrons. The Bertz CT molecular complexity index is 1220. The van der Waals surface area contributed by atoms with Crippen molar-refractivity contribution in [2.24, 2.45) is 0 Å². The number of rotatable bonds is 7. The molecule has 2 fully saturated rings. The summed E-state index contributed by atoms with van der Waals surface area (Å²) >= 11 is 5.68. The smallest absolute Gasteiger partial charge is 0.257 e. The number of carbonyl (C=O) groups excluding carboxylic acids is 1. The van der Waals surface area contributed by atoms with E-state index in [4.69, 9.17) is 21.9 Å². The Kier molecular flexibility index (Phi) is 8.62. The summed E-state index contributed by atoms with van der Waals surface area (Å²) in [6.45, 7) is 9.06. The third kappa shape index (κ3) is 6.56. The number of thiocarbonyl (C=S) groups is 1. The van der Waals surface area contributed by atoms with Crippen LogP contribution in [0.3, 0.4) is 0 Å². The van der Waals surface area contributed by atoms with E-state index in [9.17, 15) is 4.79 Å². The molecule has 0 atom stereocenters. The van der Waals surface area contributed by atoms with Crippen molar-refractivity contribution >= 4 is 28.9 Å². The van der Waals surface area contributed by atoms with Crippen LogP contribution in [-0.2, 0) is 4.74 Å². The molecule has 38 heavy (non-hydrogen) atoms. The maximum atomic E-state index is 13.3. The first-order valence-electron chi connectivity index (χ1n) is 13.3. The number of benzene rings is 1. The predicted molar refractivity (Wildman–Crippen MR) is 152 cm³/mol. The number of amides is 1. The molecule has 10 heteroatoms. The van der Waals surface area contributed by atoms with Gasteiger partial charge >= 0.3 is 0 Å². The van der Waals surface area contributed by atoms with Crippen LogP contribution >= 0.6 is 12.2 Å². The molecule has 2 aromatic heterocycles. The third-order valence-corrected chi connectivity index (χ3v) is 7.62. The quantitative estimate of drug-likeness (QED) is 0.448. The van der Waals surface area contributed by atoms with Gasteiger partial charge in [-0.3, -0.25) is 14.7 Å². The first-order valence-corrected chi connectivity index (χ1v) is 13.7. The molecule has 4 heterocycles. The maximum Gasteiger partial charge on any atom is 0.257 e. The van der Waals surface area contributed by atoms with Gasteiger partial charge in [0.25, 0.3) is 5.91 Å². The zero-order valence-corrected chi connectivity index (χ0v) is 22.6. The van der Waals surface area contributed by atoms with Crippen molar-refractivity contribution < 1.29 is 9.53 Å². The number of aromatic nitrogens is 3. The first kappa shape index (κ1) is 26.3. The predicted octanol–water partition coefficient (Wildman–Crippen LogP) is 3.21. The molecule has 2 saturated heterocycles. The lowest BCUT2D eigenvalue weighted by atomic mass is 9.90. The second-order valence-corrected chi connectivity index (χ2v) is 10.2. The van der Waals surface area contributed by atoms with Gasteiger partial charge < -0.3 is 24.8 Å². The highest BCUT2D eigenvalue weighted by Gasteiger charge is 2.27. The average molecular weight is 534 g/mol. The van der Waals surface area contributed by atoms with Gasteiger partial charge in [0.15, 0.2) is 5.11 Å². The Hall–Kier alpha value is -3.34. The van der Waals surface area contributed by atoms with Crippen LogP contribution in [0.1, 0.15) is 40.5 Å². The van der Waals surface area contributed by atoms with E-state index in [0.29, 0.717) is 5.56 Å². The normalized spacial score (nSPS) is 16.8. The van der Waals surface area contributed by atoms with Gasteiger partial charge in [-0.1, -0.05) is 0 Å². The molecule has 2 aliphatic rings. The summed E-state index contributed by atoms with van der Waals surface area (Å²) in [5.74, 6) is 0.0808. The minimum Gasteiger partial charge on any atom is -0.379 e. The molecule has 1 aromatic carbocycles. The van der Waals surface area contributed by atoms with E-state index in [2.05, 4.69) is 25.4 Å². The van der Waals surface area contributed by atoms with Crippen molar-refractivity contribution in [1.82, 2.24) is 29.7 Å². The standard InChI is InChI=1S/C28H35N7O2S/c1-21-2-7-25(27(36)32-23-3-5-24(6-4-23)35-15-10-29-20-35)26(31-21)22-8-12-34(13-9-22)28(38)30-11-14-33-16-18-37-19-17-33/h2-7,10,15,20,22H,8-9,11-14,16-19H2,1H3,(H,30,38)(H,32,36). The molecule has 0 unspecified atom stereocenters. The van der Waals surface area contributed by atoms with E-state index in [1.807, 2.05) is 54.1 Å². The Morgan fingerprint density at radius 1 is 1.08 bits per heavy atom. The largest absolute Gasteiger partial charge is 0.379 e. The van der Waals surface area contributed by atoms with Gasteiger partial charge in [0.1, 0.15) is 0 Å². The molecule has 1 amide bonds. The van der Waals surface area contributed by atoms with Gasteiger partial charge in [0.05, 0.1) is 30.8 Å². The highest BCUT2D eigenvalue weighted by molar-refractivity contribution is 7.80. The molecule has 3 aromatic rings. The van der Waals surface area contributed by atoms with Crippen LogP contribution in [0.2, 0.25) is 0 Å². The summed E-state index contributed by atoms with van der Waals surface area (Å²) in [6.07, 6.45) is 7.18. The van der Waals surface area contributed by atoms with Gasteiger partial charge in [-0.15, -0.1) is 0 Å². The maximum absolute atomic E-state index is 13.3. The Balaban J connectivity index is 1.17. The minimum atomic E-state index is -0.134. The van der Waals surface area contributed by atoms with Gasteiger partial charge in [0.2, 0.25) is 0 Å². The lowest BCUT2D eigenvalue weighted by molar-refractivity contribution is 0.0388. The number of nitrogens with one attached hydrogen (secondary N) is 2. The molecule has 0 saturated carbocycles.